The minimum Gasteiger partial charge on any atom is -0.444 e. The Hall–Kier alpha value is -0.990. The van der Waals surface area contributed by atoms with E-state index in [1.54, 1.807) is 0 Å². The molecule has 1 rings (SSSR count). The minimum absolute atomic E-state index is 0.180. The second-order valence-corrected chi connectivity index (χ2v) is 6.07. The zero-order valence-electron chi connectivity index (χ0n) is 12.4. The Labute approximate surface area is 111 Å². The molecule has 0 aromatic heterocycles. The minimum atomic E-state index is -0.423. The summed E-state index contributed by atoms with van der Waals surface area (Å²) in [5.74, 6) is 0. The van der Waals surface area contributed by atoms with Gasteiger partial charge in [0, 0.05) is 6.04 Å². The van der Waals surface area contributed by atoms with Crippen LogP contribution in [0.25, 0.3) is 0 Å². The van der Waals surface area contributed by atoms with Crippen LogP contribution in [0.15, 0.2) is 12.2 Å². The molecule has 1 aliphatic heterocycles. The number of likely N-dealkylation sites (tertiary alicyclic amines) is 1. The van der Waals surface area contributed by atoms with Gasteiger partial charge in [-0.05, 0) is 53.4 Å². The zero-order valence-corrected chi connectivity index (χ0v) is 12.4. The second kappa shape index (κ2) is 6.26. The molecule has 3 heteroatoms. The van der Waals surface area contributed by atoms with Crippen molar-refractivity contribution in [1.82, 2.24) is 4.90 Å². The highest BCUT2D eigenvalue weighted by Gasteiger charge is 2.33. The van der Waals surface area contributed by atoms with Crippen LogP contribution in [0.5, 0.6) is 0 Å². The number of hydrogen-bond donors (Lipinski definition) is 0. The molecular weight excluding hydrogens is 226 g/mol. The summed E-state index contributed by atoms with van der Waals surface area (Å²) in [4.78, 5) is 14.2. The van der Waals surface area contributed by atoms with Crippen molar-refractivity contribution in [3.8, 4) is 0 Å². The summed E-state index contributed by atoms with van der Waals surface area (Å²) in [6.45, 7) is 9.96. The van der Waals surface area contributed by atoms with Crippen LogP contribution in [0.4, 0.5) is 4.79 Å². The van der Waals surface area contributed by atoms with Gasteiger partial charge in [0.25, 0.3) is 0 Å². The van der Waals surface area contributed by atoms with Gasteiger partial charge in [-0.25, -0.2) is 4.79 Å². The molecule has 1 amide bonds. The maximum Gasteiger partial charge on any atom is 0.411 e. The standard InChI is InChI=1S/C15H27NO2/c1-6-7-10-13-11-8-9-12(2)16(13)14(17)18-15(3,4)5/h7,10,12-13H,6,8-9,11H2,1-5H3/b10-7+/t12-,13-/m1/s1. The molecule has 0 bridgehead atoms. The molecule has 18 heavy (non-hydrogen) atoms. The van der Waals surface area contributed by atoms with Gasteiger partial charge in [-0.1, -0.05) is 19.1 Å². The van der Waals surface area contributed by atoms with E-state index < -0.39 is 5.60 Å². The molecular formula is C15H27NO2. The summed E-state index contributed by atoms with van der Waals surface area (Å²) in [6.07, 6.45) is 8.40. The predicted octanol–water partition coefficient (Wildman–Crippen LogP) is 4.13. The lowest BCUT2D eigenvalue weighted by Crippen LogP contribution is -2.49. The van der Waals surface area contributed by atoms with Gasteiger partial charge in [0.15, 0.2) is 0 Å². The predicted molar refractivity (Wildman–Crippen MR) is 74.6 cm³/mol. The highest BCUT2D eigenvalue weighted by atomic mass is 16.6. The molecule has 104 valence electrons. The molecule has 0 N–H and O–H groups in total. The molecule has 0 radical (unpaired) electrons. The third kappa shape index (κ3) is 4.35. The molecule has 0 unspecified atom stereocenters. The quantitative estimate of drug-likeness (QED) is 0.692. The topological polar surface area (TPSA) is 29.5 Å². The molecule has 1 saturated heterocycles. The Morgan fingerprint density at radius 1 is 1.39 bits per heavy atom. The largest absolute Gasteiger partial charge is 0.444 e. The van der Waals surface area contributed by atoms with Crippen molar-refractivity contribution in [3.63, 3.8) is 0 Å². The van der Waals surface area contributed by atoms with Crippen molar-refractivity contribution in [2.24, 2.45) is 0 Å². The fourth-order valence-electron chi connectivity index (χ4n) is 2.34. The van der Waals surface area contributed by atoms with Crippen molar-refractivity contribution in [1.29, 1.82) is 0 Å². The number of ether oxygens (including phenoxy) is 1. The van der Waals surface area contributed by atoms with Gasteiger partial charge < -0.3 is 4.74 Å². The Kier molecular flexibility index (Phi) is 5.24. The van der Waals surface area contributed by atoms with Gasteiger partial charge in [0.1, 0.15) is 5.60 Å². The first-order valence-corrected chi connectivity index (χ1v) is 7.03. The molecule has 1 heterocycles. The first-order chi connectivity index (χ1) is 8.35. The average molecular weight is 253 g/mol. The Bertz CT molecular complexity index is 304. The number of amides is 1. The first kappa shape index (κ1) is 15.1. The fourth-order valence-corrected chi connectivity index (χ4v) is 2.34. The normalized spacial score (nSPS) is 25.5. The van der Waals surface area contributed by atoms with Crippen molar-refractivity contribution < 1.29 is 9.53 Å². The van der Waals surface area contributed by atoms with Crippen LogP contribution < -0.4 is 0 Å². The summed E-state index contributed by atoms with van der Waals surface area (Å²) in [5, 5.41) is 0. The van der Waals surface area contributed by atoms with E-state index in [0.29, 0.717) is 0 Å². The summed E-state index contributed by atoms with van der Waals surface area (Å²) >= 11 is 0. The zero-order chi connectivity index (χ0) is 13.8. The monoisotopic (exact) mass is 253 g/mol. The van der Waals surface area contributed by atoms with Crippen molar-refractivity contribution in [2.45, 2.75) is 78.0 Å². The second-order valence-electron chi connectivity index (χ2n) is 6.07. The van der Waals surface area contributed by atoms with Crippen molar-refractivity contribution in [3.05, 3.63) is 12.2 Å². The van der Waals surface area contributed by atoms with Crippen molar-refractivity contribution in [2.75, 3.05) is 0 Å². The number of carbonyl (C=O) groups is 1. The van der Waals surface area contributed by atoms with Gasteiger partial charge in [-0.2, -0.15) is 0 Å². The van der Waals surface area contributed by atoms with Gasteiger partial charge in [0.2, 0.25) is 0 Å². The van der Waals surface area contributed by atoms with Crippen LogP contribution in [0.1, 0.15) is 60.3 Å². The lowest BCUT2D eigenvalue weighted by atomic mass is 9.96. The maximum absolute atomic E-state index is 12.3. The molecule has 0 aromatic rings. The van der Waals surface area contributed by atoms with Gasteiger partial charge in [-0.15, -0.1) is 0 Å². The number of allylic oxidation sites excluding steroid dienone is 1. The van der Waals surface area contributed by atoms with E-state index in [9.17, 15) is 4.79 Å². The first-order valence-electron chi connectivity index (χ1n) is 7.03. The van der Waals surface area contributed by atoms with E-state index in [4.69, 9.17) is 4.74 Å². The molecule has 0 aliphatic carbocycles. The Balaban J connectivity index is 2.77. The third-order valence-electron chi connectivity index (χ3n) is 3.15. The number of rotatable bonds is 2. The van der Waals surface area contributed by atoms with Crippen LogP contribution in [0.3, 0.4) is 0 Å². The molecule has 1 fully saturated rings. The SMILES string of the molecule is CC/C=C/[C@@H]1CCC[C@@H](C)N1C(=O)OC(C)(C)C. The van der Waals surface area contributed by atoms with E-state index in [1.807, 2.05) is 25.7 Å². The number of nitrogens with zero attached hydrogens (tertiary/aromatic N) is 1. The lowest BCUT2D eigenvalue weighted by molar-refractivity contribution is 0.00359. The summed E-state index contributed by atoms with van der Waals surface area (Å²) < 4.78 is 5.51. The van der Waals surface area contributed by atoms with Crippen LogP contribution in [0.2, 0.25) is 0 Å². The Morgan fingerprint density at radius 3 is 2.61 bits per heavy atom. The van der Waals surface area contributed by atoms with Crippen LogP contribution >= 0.6 is 0 Å². The summed E-state index contributed by atoms with van der Waals surface area (Å²) in [5.41, 5.74) is -0.423. The van der Waals surface area contributed by atoms with E-state index in [0.717, 1.165) is 19.3 Å². The van der Waals surface area contributed by atoms with E-state index >= 15 is 0 Å². The molecule has 0 aromatic carbocycles. The number of carbonyl (C=O) groups excluding carboxylic acids is 1. The van der Waals surface area contributed by atoms with Gasteiger partial charge in [0.05, 0.1) is 6.04 Å². The van der Waals surface area contributed by atoms with E-state index in [2.05, 4.69) is 26.0 Å². The average Bonchev–Trinajstić information content (AvgIpc) is 2.23. The van der Waals surface area contributed by atoms with Gasteiger partial charge >= 0.3 is 6.09 Å². The maximum atomic E-state index is 12.3. The summed E-state index contributed by atoms with van der Waals surface area (Å²) in [7, 11) is 0. The Morgan fingerprint density at radius 2 is 2.06 bits per heavy atom. The smallest absolute Gasteiger partial charge is 0.411 e. The van der Waals surface area contributed by atoms with E-state index in [-0.39, 0.29) is 18.2 Å². The lowest BCUT2D eigenvalue weighted by Gasteiger charge is -2.40. The molecule has 0 saturated carbocycles. The fraction of sp³-hybridized carbons (Fsp3) is 0.800. The van der Waals surface area contributed by atoms with Gasteiger partial charge in [-0.3, -0.25) is 4.90 Å². The number of hydrogen-bond acceptors (Lipinski definition) is 2. The molecule has 3 nitrogen and oxygen atoms in total. The molecule has 2 atom stereocenters. The highest BCUT2D eigenvalue weighted by molar-refractivity contribution is 5.69. The van der Waals surface area contributed by atoms with Crippen molar-refractivity contribution >= 4 is 6.09 Å². The van der Waals surface area contributed by atoms with Crippen LogP contribution in [-0.4, -0.2) is 28.7 Å². The highest BCUT2D eigenvalue weighted by Crippen LogP contribution is 2.26. The number of piperidine rings is 1. The van der Waals surface area contributed by atoms with E-state index in [1.165, 1.54) is 6.42 Å². The third-order valence-corrected chi connectivity index (χ3v) is 3.15. The molecule has 0 spiro atoms. The molecule has 1 aliphatic rings. The van der Waals surface area contributed by atoms with Crippen LogP contribution in [-0.2, 0) is 4.74 Å². The van der Waals surface area contributed by atoms with Crippen LogP contribution in [0, 0.1) is 0 Å². The summed E-state index contributed by atoms with van der Waals surface area (Å²) in [6, 6.07) is 0.462.